The summed E-state index contributed by atoms with van der Waals surface area (Å²) in [5, 5.41) is 5.85. The Morgan fingerprint density at radius 3 is 2.89 bits per heavy atom. The number of halogens is 3. The van der Waals surface area contributed by atoms with Crippen LogP contribution >= 0.6 is 0 Å². The molecular formula is C12H19F3N2O2. The molecule has 0 saturated carbocycles. The minimum absolute atomic E-state index is 0.0450. The van der Waals surface area contributed by atoms with Gasteiger partial charge in [0, 0.05) is 19.5 Å². The molecule has 7 heteroatoms. The van der Waals surface area contributed by atoms with Crippen LogP contribution in [0.4, 0.5) is 13.2 Å². The van der Waals surface area contributed by atoms with Crippen molar-refractivity contribution < 1.29 is 22.7 Å². The van der Waals surface area contributed by atoms with Crippen LogP contribution in [0.5, 0.6) is 0 Å². The van der Waals surface area contributed by atoms with E-state index in [4.69, 9.17) is 0 Å². The smallest absolute Gasteiger partial charge is 0.372 e. The zero-order valence-electron chi connectivity index (χ0n) is 10.7. The van der Waals surface area contributed by atoms with Crippen molar-refractivity contribution in [2.45, 2.75) is 25.4 Å². The van der Waals surface area contributed by atoms with Crippen molar-refractivity contribution >= 4 is 5.91 Å². The Morgan fingerprint density at radius 2 is 2.26 bits per heavy atom. The molecule has 1 aliphatic heterocycles. The van der Waals surface area contributed by atoms with Gasteiger partial charge in [0.2, 0.25) is 5.91 Å². The van der Waals surface area contributed by atoms with Gasteiger partial charge in [-0.05, 0) is 19.4 Å². The van der Waals surface area contributed by atoms with Gasteiger partial charge in [-0.25, -0.2) is 0 Å². The molecule has 0 spiro atoms. The first-order valence-corrected chi connectivity index (χ1v) is 6.27. The third-order valence-electron chi connectivity index (χ3n) is 2.67. The van der Waals surface area contributed by atoms with Gasteiger partial charge in [-0.2, -0.15) is 13.2 Å². The van der Waals surface area contributed by atoms with Crippen LogP contribution in [-0.2, 0) is 9.53 Å². The topological polar surface area (TPSA) is 50.4 Å². The maximum atomic E-state index is 11.8. The SMILES string of the molecule is O=C(CCOCC(F)(F)F)NCCC1=CCNCC1. The molecule has 0 atom stereocenters. The molecular weight excluding hydrogens is 261 g/mol. The molecule has 0 unspecified atom stereocenters. The monoisotopic (exact) mass is 280 g/mol. The maximum absolute atomic E-state index is 11.8. The van der Waals surface area contributed by atoms with E-state index in [0.717, 1.165) is 25.9 Å². The number of ether oxygens (including phenoxy) is 1. The summed E-state index contributed by atoms with van der Waals surface area (Å²) in [5.41, 5.74) is 1.30. The van der Waals surface area contributed by atoms with Gasteiger partial charge in [-0.3, -0.25) is 4.79 Å². The first-order valence-electron chi connectivity index (χ1n) is 6.27. The van der Waals surface area contributed by atoms with Crippen molar-refractivity contribution in [2.75, 3.05) is 32.8 Å². The highest BCUT2D eigenvalue weighted by atomic mass is 19.4. The summed E-state index contributed by atoms with van der Waals surface area (Å²) in [4.78, 5) is 11.3. The lowest BCUT2D eigenvalue weighted by atomic mass is 10.1. The molecule has 2 N–H and O–H groups in total. The van der Waals surface area contributed by atoms with E-state index < -0.39 is 12.8 Å². The van der Waals surface area contributed by atoms with E-state index in [9.17, 15) is 18.0 Å². The number of carbonyl (C=O) groups excluding carboxylic acids is 1. The Labute approximate surface area is 110 Å². The molecule has 4 nitrogen and oxygen atoms in total. The molecule has 0 aromatic rings. The summed E-state index contributed by atoms with van der Waals surface area (Å²) >= 11 is 0. The Hall–Kier alpha value is -1.08. The minimum atomic E-state index is -4.34. The molecule has 1 amide bonds. The number of rotatable bonds is 7. The highest BCUT2D eigenvalue weighted by Gasteiger charge is 2.27. The summed E-state index contributed by atoms with van der Waals surface area (Å²) in [6.45, 7) is 0.807. The number of carbonyl (C=O) groups is 1. The van der Waals surface area contributed by atoms with E-state index in [2.05, 4.69) is 21.4 Å². The second-order valence-electron chi connectivity index (χ2n) is 4.33. The molecule has 0 saturated heterocycles. The molecule has 0 aromatic heterocycles. The van der Waals surface area contributed by atoms with Gasteiger partial charge in [0.15, 0.2) is 0 Å². The van der Waals surface area contributed by atoms with Crippen LogP contribution < -0.4 is 10.6 Å². The lowest BCUT2D eigenvalue weighted by Crippen LogP contribution is -2.28. The fourth-order valence-electron chi connectivity index (χ4n) is 1.70. The van der Waals surface area contributed by atoms with Gasteiger partial charge in [-0.15, -0.1) is 0 Å². The Kier molecular flexibility index (Phi) is 6.86. The van der Waals surface area contributed by atoms with E-state index in [0.29, 0.717) is 6.54 Å². The van der Waals surface area contributed by atoms with Gasteiger partial charge in [0.25, 0.3) is 0 Å². The third-order valence-corrected chi connectivity index (χ3v) is 2.67. The first kappa shape index (κ1) is 16.0. The van der Waals surface area contributed by atoms with Crippen molar-refractivity contribution in [2.24, 2.45) is 0 Å². The molecule has 0 aliphatic carbocycles. The molecule has 1 aliphatic rings. The van der Waals surface area contributed by atoms with Crippen LogP contribution in [0, 0.1) is 0 Å². The van der Waals surface area contributed by atoms with Gasteiger partial charge in [0.1, 0.15) is 6.61 Å². The first-order chi connectivity index (χ1) is 8.97. The summed E-state index contributed by atoms with van der Waals surface area (Å²) < 4.78 is 39.6. The predicted octanol–water partition coefficient (Wildman–Crippen LogP) is 1.38. The van der Waals surface area contributed by atoms with Gasteiger partial charge < -0.3 is 15.4 Å². The average molecular weight is 280 g/mol. The normalized spacial score (nSPS) is 16.1. The Bertz CT molecular complexity index is 317. The van der Waals surface area contributed by atoms with Crippen LogP contribution in [0.1, 0.15) is 19.3 Å². The molecule has 0 fully saturated rings. The summed E-state index contributed by atoms with van der Waals surface area (Å²) in [6, 6.07) is 0. The minimum Gasteiger partial charge on any atom is -0.372 e. The van der Waals surface area contributed by atoms with Gasteiger partial charge in [-0.1, -0.05) is 11.6 Å². The highest BCUT2D eigenvalue weighted by molar-refractivity contribution is 5.75. The molecule has 1 heterocycles. The number of hydrogen-bond acceptors (Lipinski definition) is 3. The summed E-state index contributed by atoms with van der Waals surface area (Å²) in [7, 11) is 0. The van der Waals surface area contributed by atoms with Crippen LogP contribution in [0.25, 0.3) is 0 Å². The van der Waals surface area contributed by atoms with Crippen molar-refractivity contribution in [1.82, 2.24) is 10.6 Å². The number of nitrogens with one attached hydrogen (secondary N) is 2. The molecule has 19 heavy (non-hydrogen) atoms. The van der Waals surface area contributed by atoms with Crippen molar-refractivity contribution in [3.05, 3.63) is 11.6 Å². The fraction of sp³-hybridized carbons (Fsp3) is 0.750. The number of hydrogen-bond donors (Lipinski definition) is 2. The van der Waals surface area contributed by atoms with Crippen LogP contribution in [0.15, 0.2) is 11.6 Å². The summed E-state index contributed by atoms with van der Waals surface area (Å²) in [5.74, 6) is -0.281. The highest BCUT2D eigenvalue weighted by Crippen LogP contribution is 2.14. The Morgan fingerprint density at radius 1 is 1.47 bits per heavy atom. The number of amides is 1. The molecule has 0 aromatic carbocycles. The summed E-state index contributed by atoms with van der Waals surface area (Å²) in [6.07, 6.45) is -0.516. The number of alkyl halides is 3. The Balaban J connectivity index is 2.00. The van der Waals surface area contributed by atoms with E-state index in [1.165, 1.54) is 5.57 Å². The lowest BCUT2D eigenvalue weighted by Gasteiger charge is -2.14. The largest absolute Gasteiger partial charge is 0.411 e. The predicted molar refractivity (Wildman–Crippen MR) is 64.7 cm³/mol. The average Bonchev–Trinajstić information content (AvgIpc) is 2.35. The second-order valence-corrected chi connectivity index (χ2v) is 4.33. The maximum Gasteiger partial charge on any atom is 0.411 e. The van der Waals surface area contributed by atoms with Crippen LogP contribution in [0.3, 0.4) is 0 Å². The van der Waals surface area contributed by atoms with Gasteiger partial charge in [0.05, 0.1) is 6.61 Å². The zero-order chi connectivity index (χ0) is 14.1. The van der Waals surface area contributed by atoms with E-state index in [-0.39, 0.29) is 18.9 Å². The fourth-order valence-corrected chi connectivity index (χ4v) is 1.70. The molecule has 0 radical (unpaired) electrons. The van der Waals surface area contributed by atoms with Crippen molar-refractivity contribution in [3.8, 4) is 0 Å². The lowest BCUT2D eigenvalue weighted by molar-refractivity contribution is -0.174. The molecule has 0 bridgehead atoms. The zero-order valence-corrected chi connectivity index (χ0v) is 10.7. The van der Waals surface area contributed by atoms with E-state index >= 15 is 0 Å². The van der Waals surface area contributed by atoms with E-state index in [1.807, 2.05) is 0 Å². The van der Waals surface area contributed by atoms with Crippen molar-refractivity contribution in [3.63, 3.8) is 0 Å². The van der Waals surface area contributed by atoms with Crippen LogP contribution in [0.2, 0.25) is 0 Å². The third kappa shape index (κ3) is 8.61. The molecule has 1 rings (SSSR count). The van der Waals surface area contributed by atoms with Crippen molar-refractivity contribution in [1.29, 1.82) is 0 Å². The molecule has 110 valence electrons. The second kappa shape index (κ2) is 8.16. The van der Waals surface area contributed by atoms with Gasteiger partial charge >= 0.3 is 6.18 Å². The standard InChI is InChI=1S/C12H19F3N2O2/c13-12(14,15)9-19-8-4-11(18)17-7-3-10-1-5-16-6-2-10/h1,16H,2-9H2,(H,17,18). The van der Waals surface area contributed by atoms with Crippen LogP contribution in [-0.4, -0.2) is 44.9 Å². The quantitative estimate of drug-likeness (QED) is 0.547. The van der Waals surface area contributed by atoms with E-state index in [1.54, 1.807) is 0 Å².